The second-order valence-corrected chi connectivity index (χ2v) is 4.33. The zero-order chi connectivity index (χ0) is 13.4. The molecule has 2 heterocycles. The van der Waals surface area contributed by atoms with Gasteiger partial charge in [-0.15, -0.1) is 36.2 Å². The summed E-state index contributed by atoms with van der Waals surface area (Å²) in [5, 5.41) is 16.6. The van der Waals surface area contributed by atoms with E-state index in [1.807, 2.05) is 18.2 Å². The highest BCUT2D eigenvalue weighted by atomic mass is 35.5. The summed E-state index contributed by atoms with van der Waals surface area (Å²) >= 11 is 1.45. The normalized spacial score (nSPS) is 8.00. The van der Waals surface area contributed by atoms with Gasteiger partial charge in [-0.3, -0.25) is 0 Å². The fraction of sp³-hybridized carbons (Fsp3) is 0.167. The van der Waals surface area contributed by atoms with E-state index in [0.717, 1.165) is 9.75 Å². The lowest BCUT2D eigenvalue weighted by Gasteiger charge is -1.82. The first-order chi connectivity index (χ1) is 8.73. The minimum atomic E-state index is 0. The third-order valence-corrected chi connectivity index (χ3v) is 2.96. The molecule has 2 aromatic heterocycles. The molecule has 0 aliphatic carbocycles. The monoisotopic (exact) mass is 332 g/mol. The maximum Gasteiger partial charge on any atom is 0.203 e. The van der Waals surface area contributed by atoms with Gasteiger partial charge in [0.2, 0.25) is 5.76 Å². The fourth-order valence-corrected chi connectivity index (χ4v) is 1.78. The van der Waals surface area contributed by atoms with E-state index in [2.05, 4.69) is 0 Å². The molecule has 0 fully saturated rings. The van der Waals surface area contributed by atoms with E-state index in [1.165, 1.54) is 11.3 Å². The molecule has 0 spiro atoms. The number of thiophene rings is 1. The number of nitrogens with zero attached hydrogens (tertiary/aromatic N) is 2. The van der Waals surface area contributed by atoms with Crippen molar-refractivity contribution < 1.29 is 4.42 Å². The average Bonchev–Trinajstić information content (AvgIpc) is 3.07. The van der Waals surface area contributed by atoms with Crippen LogP contribution in [0, 0.1) is 22.7 Å². The summed E-state index contributed by atoms with van der Waals surface area (Å²) in [5.74, 6) is 0.960. The molecule has 0 saturated heterocycles. The lowest BCUT2D eigenvalue weighted by Crippen LogP contribution is -1.92. The molecular formula is C12H14Cl2N4OS. The van der Waals surface area contributed by atoms with E-state index < -0.39 is 0 Å². The van der Waals surface area contributed by atoms with Crippen LogP contribution < -0.4 is 11.5 Å². The fourth-order valence-electron chi connectivity index (χ4n) is 1.10. The standard InChI is InChI=1S/C6H6N2O.C6H6N2S.2ClH/c2*7-3-5-1-2-6(4-8)9-5;;/h2*1-2H,3,7H2;2*1H. The van der Waals surface area contributed by atoms with Crippen LogP contribution in [0.1, 0.15) is 21.3 Å². The molecule has 0 aliphatic rings. The molecule has 2 rings (SSSR count). The third kappa shape index (κ3) is 6.58. The summed E-state index contributed by atoms with van der Waals surface area (Å²) in [5.41, 5.74) is 10.5. The van der Waals surface area contributed by atoms with Gasteiger partial charge in [-0.1, -0.05) is 0 Å². The Hall–Kier alpha value is -1.54. The molecule has 0 amide bonds. The van der Waals surface area contributed by atoms with Gasteiger partial charge in [0.15, 0.2) is 0 Å². The van der Waals surface area contributed by atoms with Gasteiger partial charge in [-0.2, -0.15) is 10.5 Å². The Bertz CT molecular complexity index is 531. The van der Waals surface area contributed by atoms with Crippen LogP contribution in [0.25, 0.3) is 0 Å². The topological polar surface area (TPSA) is 113 Å². The third-order valence-electron chi connectivity index (χ3n) is 1.95. The van der Waals surface area contributed by atoms with Crippen molar-refractivity contribution in [2.45, 2.75) is 13.1 Å². The van der Waals surface area contributed by atoms with E-state index in [1.54, 1.807) is 18.2 Å². The van der Waals surface area contributed by atoms with Crippen LogP contribution in [0.2, 0.25) is 0 Å². The molecule has 2 aromatic rings. The number of nitrogens with two attached hydrogens (primary N) is 2. The molecule has 20 heavy (non-hydrogen) atoms. The Morgan fingerprint density at radius 1 is 1.00 bits per heavy atom. The number of nitriles is 2. The van der Waals surface area contributed by atoms with E-state index >= 15 is 0 Å². The summed E-state index contributed by atoms with van der Waals surface area (Å²) in [6, 6.07) is 10.9. The van der Waals surface area contributed by atoms with Gasteiger partial charge in [0, 0.05) is 11.4 Å². The highest BCUT2D eigenvalue weighted by molar-refractivity contribution is 7.12. The number of rotatable bonds is 2. The summed E-state index contributed by atoms with van der Waals surface area (Å²) in [6.45, 7) is 0.883. The van der Waals surface area contributed by atoms with Crippen LogP contribution in [0.5, 0.6) is 0 Å². The van der Waals surface area contributed by atoms with E-state index in [0.29, 0.717) is 24.6 Å². The van der Waals surface area contributed by atoms with Gasteiger partial charge in [0.05, 0.1) is 6.54 Å². The minimum Gasteiger partial charge on any atom is -0.449 e. The molecule has 0 bridgehead atoms. The van der Waals surface area contributed by atoms with Crippen LogP contribution in [-0.2, 0) is 13.1 Å². The molecule has 0 atom stereocenters. The highest BCUT2D eigenvalue weighted by Gasteiger charge is 1.95. The Balaban J connectivity index is 0. The predicted octanol–water partition coefficient (Wildman–Crippen LogP) is 2.53. The van der Waals surface area contributed by atoms with Crippen LogP contribution in [0.3, 0.4) is 0 Å². The largest absolute Gasteiger partial charge is 0.449 e. The zero-order valence-electron chi connectivity index (χ0n) is 10.4. The molecule has 5 nitrogen and oxygen atoms in total. The molecular weight excluding hydrogens is 319 g/mol. The van der Waals surface area contributed by atoms with Gasteiger partial charge in [0.25, 0.3) is 0 Å². The van der Waals surface area contributed by atoms with Gasteiger partial charge >= 0.3 is 0 Å². The first kappa shape index (κ1) is 20.8. The second kappa shape index (κ2) is 11.3. The molecule has 0 aromatic carbocycles. The number of hydrogen-bond acceptors (Lipinski definition) is 6. The van der Waals surface area contributed by atoms with Crippen molar-refractivity contribution in [1.82, 2.24) is 0 Å². The highest BCUT2D eigenvalue weighted by Crippen LogP contribution is 2.13. The molecule has 108 valence electrons. The van der Waals surface area contributed by atoms with Crippen LogP contribution in [-0.4, -0.2) is 0 Å². The zero-order valence-corrected chi connectivity index (χ0v) is 12.9. The van der Waals surface area contributed by atoms with Crippen molar-refractivity contribution in [3.63, 3.8) is 0 Å². The Morgan fingerprint density at radius 2 is 1.70 bits per heavy atom. The SMILES string of the molecule is Cl.Cl.N#Cc1ccc(CN)o1.N#Cc1ccc(CN)s1. The first-order valence-corrected chi connectivity index (χ1v) is 5.93. The quantitative estimate of drug-likeness (QED) is 0.877. The molecule has 8 heteroatoms. The number of hydrogen-bond donors (Lipinski definition) is 2. The molecule has 0 radical (unpaired) electrons. The van der Waals surface area contributed by atoms with Gasteiger partial charge in [0.1, 0.15) is 22.8 Å². The van der Waals surface area contributed by atoms with E-state index in [4.69, 9.17) is 26.4 Å². The van der Waals surface area contributed by atoms with Gasteiger partial charge in [-0.05, 0) is 24.3 Å². The second-order valence-electron chi connectivity index (χ2n) is 3.16. The maximum absolute atomic E-state index is 8.37. The van der Waals surface area contributed by atoms with Crippen LogP contribution >= 0.6 is 36.2 Å². The molecule has 0 aliphatic heterocycles. The number of furan rings is 1. The van der Waals surface area contributed by atoms with Gasteiger partial charge < -0.3 is 15.9 Å². The molecule has 4 N–H and O–H groups in total. The van der Waals surface area contributed by atoms with Gasteiger partial charge in [-0.25, -0.2) is 0 Å². The van der Waals surface area contributed by atoms with Crippen molar-refractivity contribution in [1.29, 1.82) is 10.5 Å². The summed E-state index contributed by atoms with van der Waals surface area (Å²) < 4.78 is 4.90. The van der Waals surface area contributed by atoms with Crippen molar-refractivity contribution in [3.05, 3.63) is 45.5 Å². The maximum atomic E-state index is 8.37. The van der Waals surface area contributed by atoms with Crippen molar-refractivity contribution in [2.24, 2.45) is 11.5 Å². The smallest absolute Gasteiger partial charge is 0.203 e. The molecule has 0 unspecified atom stereocenters. The van der Waals surface area contributed by atoms with Crippen LogP contribution in [0.4, 0.5) is 0 Å². The minimum absolute atomic E-state index is 0. The van der Waals surface area contributed by atoms with Crippen molar-refractivity contribution >= 4 is 36.2 Å². The summed E-state index contributed by atoms with van der Waals surface area (Å²) in [7, 11) is 0. The Morgan fingerprint density at radius 3 is 2.00 bits per heavy atom. The summed E-state index contributed by atoms with van der Waals surface area (Å²) in [6.07, 6.45) is 0. The van der Waals surface area contributed by atoms with Crippen LogP contribution in [0.15, 0.2) is 28.7 Å². The lowest BCUT2D eigenvalue weighted by molar-refractivity contribution is 0.500. The van der Waals surface area contributed by atoms with E-state index in [9.17, 15) is 0 Å². The lowest BCUT2D eigenvalue weighted by atomic mass is 10.4. The average molecular weight is 333 g/mol. The number of halogens is 2. The Labute approximate surface area is 133 Å². The Kier molecular flexibility index (Phi) is 11.7. The van der Waals surface area contributed by atoms with Crippen molar-refractivity contribution in [2.75, 3.05) is 0 Å². The van der Waals surface area contributed by atoms with E-state index in [-0.39, 0.29) is 24.8 Å². The summed E-state index contributed by atoms with van der Waals surface area (Å²) in [4.78, 5) is 1.79. The first-order valence-electron chi connectivity index (χ1n) is 5.11. The predicted molar refractivity (Wildman–Crippen MR) is 82.7 cm³/mol. The molecule has 0 saturated carbocycles. The van der Waals surface area contributed by atoms with Crippen molar-refractivity contribution in [3.8, 4) is 12.1 Å².